The Bertz CT molecular complexity index is 543. The van der Waals surface area contributed by atoms with Crippen molar-refractivity contribution in [1.82, 2.24) is 4.57 Å². The molecule has 0 aliphatic heterocycles. The number of aryl methyl sites for hydroxylation is 1. The van der Waals surface area contributed by atoms with Gasteiger partial charge in [-0.1, -0.05) is 18.2 Å². The molecule has 3 heteroatoms. The third-order valence-electron chi connectivity index (χ3n) is 2.40. The number of ether oxygens (including phenoxy) is 1. The van der Waals surface area contributed by atoms with Crippen LogP contribution < -0.4 is 10.3 Å². The quantitative estimate of drug-likeness (QED) is 0.746. The Morgan fingerprint density at radius 1 is 1.33 bits per heavy atom. The van der Waals surface area contributed by atoms with E-state index < -0.39 is 0 Å². The Hall–Kier alpha value is -1.77. The van der Waals surface area contributed by atoms with Crippen LogP contribution in [0.2, 0.25) is 0 Å². The summed E-state index contributed by atoms with van der Waals surface area (Å²) < 4.78 is 6.90. The molecule has 0 saturated carbocycles. The highest BCUT2D eigenvalue weighted by Crippen LogP contribution is 2.15. The number of hydrogen-bond donors (Lipinski definition) is 0. The van der Waals surface area contributed by atoms with Gasteiger partial charge in [0.25, 0.3) is 5.56 Å². The maximum absolute atomic E-state index is 11.8. The number of nitrogens with zero attached hydrogens (tertiary/aromatic N) is 1. The molecule has 0 saturated heterocycles. The molecule has 1 aromatic heterocycles. The predicted molar refractivity (Wildman–Crippen MR) is 60.4 cm³/mol. The Morgan fingerprint density at radius 2 is 2.07 bits per heavy atom. The number of para-hydroxylation sites is 1. The highest BCUT2D eigenvalue weighted by molar-refractivity contribution is 5.80. The Kier molecular flexibility index (Phi) is 2.46. The van der Waals surface area contributed by atoms with Gasteiger partial charge in [-0.15, -0.1) is 0 Å². The topological polar surface area (TPSA) is 31.2 Å². The highest BCUT2D eigenvalue weighted by Gasteiger charge is 2.05. The number of aromatic nitrogens is 1. The van der Waals surface area contributed by atoms with Gasteiger partial charge >= 0.3 is 0 Å². The number of hydrogen-bond acceptors (Lipinski definition) is 2. The number of benzene rings is 1. The van der Waals surface area contributed by atoms with Crippen LogP contribution in [0.1, 0.15) is 6.92 Å². The molecule has 0 spiro atoms. The minimum atomic E-state index is -0.0875. The smallest absolute Gasteiger partial charge is 0.293 e. The summed E-state index contributed by atoms with van der Waals surface area (Å²) in [5.41, 5.74) is 0.835. The summed E-state index contributed by atoms with van der Waals surface area (Å²) >= 11 is 0. The lowest BCUT2D eigenvalue weighted by atomic mass is 10.2. The molecule has 0 N–H and O–H groups in total. The maximum Gasteiger partial charge on any atom is 0.293 e. The summed E-state index contributed by atoms with van der Waals surface area (Å²) in [5.74, 6) is 0.415. The molecule has 0 bridgehead atoms. The molecule has 0 aliphatic carbocycles. The van der Waals surface area contributed by atoms with E-state index in [-0.39, 0.29) is 5.56 Å². The van der Waals surface area contributed by atoms with Crippen molar-refractivity contribution in [3.8, 4) is 5.75 Å². The van der Waals surface area contributed by atoms with Crippen LogP contribution in [0.5, 0.6) is 5.75 Å². The summed E-state index contributed by atoms with van der Waals surface area (Å²) in [7, 11) is 1.76. The second-order valence-electron chi connectivity index (χ2n) is 3.36. The summed E-state index contributed by atoms with van der Waals surface area (Å²) in [6, 6.07) is 9.55. The molecule has 15 heavy (non-hydrogen) atoms. The summed E-state index contributed by atoms with van der Waals surface area (Å²) in [6.07, 6.45) is 0. The van der Waals surface area contributed by atoms with Crippen molar-refractivity contribution in [3.05, 3.63) is 40.7 Å². The minimum absolute atomic E-state index is 0.0875. The zero-order chi connectivity index (χ0) is 10.8. The second-order valence-corrected chi connectivity index (χ2v) is 3.36. The van der Waals surface area contributed by atoms with E-state index in [2.05, 4.69) is 0 Å². The fourth-order valence-electron chi connectivity index (χ4n) is 1.65. The second kappa shape index (κ2) is 3.77. The first-order chi connectivity index (χ1) is 7.24. The van der Waals surface area contributed by atoms with E-state index >= 15 is 0 Å². The maximum atomic E-state index is 11.8. The molecule has 2 rings (SSSR count). The van der Waals surface area contributed by atoms with E-state index in [1.54, 1.807) is 17.7 Å². The number of fused-ring (bicyclic) bond motifs is 1. The van der Waals surface area contributed by atoms with Crippen LogP contribution in [-0.4, -0.2) is 11.2 Å². The van der Waals surface area contributed by atoms with Crippen molar-refractivity contribution in [2.24, 2.45) is 7.05 Å². The fourth-order valence-corrected chi connectivity index (χ4v) is 1.65. The van der Waals surface area contributed by atoms with Crippen molar-refractivity contribution in [2.75, 3.05) is 6.61 Å². The lowest BCUT2D eigenvalue weighted by Gasteiger charge is -2.08. The third kappa shape index (κ3) is 1.61. The van der Waals surface area contributed by atoms with Crippen LogP contribution in [0, 0.1) is 0 Å². The van der Waals surface area contributed by atoms with Crippen LogP contribution >= 0.6 is 0 Å². The van der Waals surface area contributed by atoms with Crippen molar-refractivity contribution >= 4 is 10.9 Å². The Morgan fingerprint density at radius 3 is 2.80 bits per heavy atom. The van der Waals surface area contributed by atoms with E-state index in [1.807, 2.05) is 31.2 Å². The van der Waals surface area contributed by atoms with Crippen LogP contribution in [0.4, 0.5) is 0 Å². The molecule has 78 valence electrons. The molecule has 0 amide bonds. The van der Waals surface area contributed by atoms with Crippen LogP contribution in [0.3, 0.4) is 0 Å². The van der Waals surface area contributed by atoms with E-state index in [0.29, 0.717) is 12.4 Å². The average molecular weight is 203 g/mol. The first-order valence-corrected chi connectivity index (χ1v) is 4.95. The largest absolute Gasteiger partial charge is 0.488 e. The predicted octanol–water partition coefficient (Wildman–Crippen LogP) is 1.94. The first kappa shape index (κ1) is 9.77. The average Bonchev–Trinajstić information content (AvgIpc) is 2.26. The van der Waals surface area contributed by atoms with Gasteiger partial charge in [0.05, 0.1) is 12.1 Å². The van der Waals surface area contributed by atoms with Crippen molar-refractivity contribution in [1.29, 1.82) is 0 Å². The molecule has 0 unspecified atom stereocenters. The van der Waals surface area contributed by atoms with E-state index in [9.17, 15) is 4.79 Å². The zero-order valence-electron chi connectivity index (χ0n) is 8.86. The van der Waals surface area contributed by atoms with Gasteiger partial charge in [0.15, 0.2) is 5.75 Å². The molecule has 0 fully saturated rings. The molecule has 0 aliphatic rings. The lowest BCUT2D eigenvalue weighted by molar-refractivity contribution is 0.334. The monoisotopic (exact) mass is 203 g/mol. The normalized spacial score (nSPS) is 10.5. The molecular weight excluding hydrogens is 190 g/mol. The van der Waals surface area contributed by atoms with Crippen LogP contribution in [-0.2, 0) is 7.05 Å². The van der Waals surface area contributed by atoms with Crippen LogP contribution in [0.25, 0.3) is 10.9 Å². The van der Waals surface area contributed by atoms with E-state index in [4.69, 9.17) is 4.74 Å². The molecule has 3 nitrogen and oxygen atoms in total. The minimum Gasteiger partial charge on any atom is -0.488 e. The molecule has 2 aromatic rings. The summed E-state index contributed by atoms with van der Waals surface area (Å²) in [4.78, 5) is 11.8. The van der Waals surface area contributed by atoms with Gasteiger partial charge in [-0.25, -0.2) is 0 Å². The van der Waals surface area contributed by atoms with Gasteiger partial charge in [-0.3, -0.25) is 4.79 Å². The van der Waals surface area contributed by atoms with Gasteiger partial charge < -0.3 is 9.30 Å². The van der Waals surface area contributed by atoms with Gasteiger partial charge in [-0.05, 0) is 19.1 Å². The lowest BCUT2D eigenvalue weighted by Crippen LogP contribution is -2.19. The third-order valence-corrected chi connectivity index (χ3v) is 2.40. The van der Waals surface area contributed by atoms with Gasteiger partial charge in [0, 0.05) is 12.4 Å². The Balaban J connectivity index is 2.77. The van der Waals surface area contributed by atoms with E-state index in [0.717, 1.165) is 10.9 Å². The zero-order valence-corrected chi connectivity index (χ0v) is 8.86. The highest BCUT2D eigenvalue weighted by atomic mass is 16.5. The first-order valence-electron chi connectivity index (χ1n) is 4.95. The number of pyridine rings is 1. The molecular formula is C12H13NO2. The summed E-state index contributed by atoms with van der Waals surface area (Å²) in [5, 5.41) is 1.02. The Labute approximate surface area is 87.9 Å². The molecule has 1 heterocycles. The fraction of sp³-hybridized carbons (Fsp3) is 0.250. The van der Waals surface area contributed by atoms with Gasteiger partial charge in [-0.2, -0.15) is 0 Å². The van der Waals surface area contributed by atoms with Crippen molar-refractivity contribution in [2.45, 2.75) is 6.92 Å². The van der Waals surface area contributed by atoms with Crippen molar-refractivity contribution in [3.63, 3.8) is 0 Å². The molecule has 0 radical (unpaired) electrons. The van der Waals surface area contributed by atoms with Gasteiger partial charge in [0.2, 0.25) is 0 Å². The number of rotatable bonds is 2. The SMILES string of the molecule is CCOc1cc2ccccc2n(C)c1=O. The standard InChI is InChI=1S/C12H13NO2/c1-3-15-11-8-9-6-4-5-7-10(9)13(2)12(11)14/h4-8H,3H2,1-2H3. The molecule has 1 aromatic carbocycles. The van der Waals surface area contributed by atoms with E-state index in [1.165, 1.54) is 0 Å². The van der Waals surface area contributed by atoms with Crippen LogP contribution in [0.15, 0.2) is 35.1 Å². The summed E-state index contributed by atoms with van der Waals surface area (Å²) in [6.45, 7) is 2.38. The van der Waals surface area contributed by atoms with Gasteiger partial charge in [0.1, 0.15) is 0 Å². The molecule has 0 atom stereocenters. The van der Waals surface area contributed by atoms with Crippen molar-refractivity contribution < 1.29 is 4.74 Å².